The quantitative estimate of drug-likeness (QED) is 0.820. The van der Waals surface area contributed by atoms with Gasteiger partial charge in [0.25, 0.3) is 5.91 Å². The van der Waals surface area contributed by atoms with E-state index in [1.807, 2.05) is 35.2 Å². The Morgan fingerprint density at radius 3 is 2.61 bits per heavy atom. The number of carbonyl (C=O) groups is 1. The minimum atomic E-state index is 0.157. The van der Waals surface area contributed by atoms with Gasteiger partial charge in [-0.05, 0) is 47.4 Å². The molecule has 1 saturated carbocycles. The number of amides is 1. The highest BCUT2D eigenvalue weighted by Gasteiger charge is 2.32. The minimum Gasteiger partial charge on any atom is -0.331 e. The molecular formula is C15H15NOS. The lowest BCUT2D eigenvalue weighted by molar-refractivity contribution is 0.0730. The first-order chi connectivity index (χ1) is 8.84. The average molecular weight is 257 g/mol. The van der Waals surface area contributed by atoms with E-state index in [4.69, 9.17) is 0 Å². The molecule has 0 atom stereocenters. The highest BCUT2D eigenvalue weighted by Crippen LogP contribution is 2.30. The molecule has 0 saturated heterocycles. The van der Waals surface area contributed by atoms with Crippen LogP contribution in [0.25, 0.3) is 0 Å². The first kappa shape index (κ1) is 11.5. The zero-order valence-corrected chi connectivity index (χ0v) is 10.9. The van der Waals surface area contributed by atoms with Gasteiger partial charge in [-0.25, -0.2) is 0 Å². The largest absolute Gasteiger partial charge is 0.331 e. The average Bonchev–Trinajstić information content (AvgIpc) is 3.13. The summed E-state index contributed by atoms with van der Waals surface area (Å²) in [6.45, 7) is 0.738. The van der Waals surface area contributed by atoms with Gasteiger partial charge in [-0.2, -0.15) is 11.3 Å². The van der Waals surface area contributed by atoms with Gasteiger partial charge in [-0.3, -0.25) is 4.79 Å². The fraction of sp³-hybridized carbons (Fsp3) is 0.267. The molecule has 2 aromatic rings. The van der Waals surface area contributed by atoms with E-state index in [9.17, 15) is 4.79 Å². The van der Waals surface area contributed by atoms with Crippen molar-refractivity contribution in [2.75, 3.05) is 0 Å². The van der Waals surface area contributed by atoms with Gasteiger partial charge in [0.05, 0.1) is 0 Å². The van der Waals surface area contributed by atoms with E-state index in [0.29, 0.717) is 6.04 Å². The summed E-state index contributed by atoms with van der Waals surface area (Å²) in [6.07, 6.45) is 2.28. The van der Waals surface area contributed by atoms with Gasteiger partial charge in [0.2, 0.25) is 0 Å². The maximum absolute atomic E-state index is 12.5. The molecule has 3 heteroatoms. The van der Waals surface area contributed by atoms with Gasteiger partial charge in [0.15, 0.2) is 0 Å². The maximum atomic E-state index is 12.5. The van der Waals surface area contributed by atoms with Crippen LogP contribution in [-0.2, 0) is 6.54 Å². The Balaban J connectivity index is 1.80. The van der Waals surface area contributed by atoms with Crippen LogP contribution in [0.15, 0.2) is 47.2 Å². The van der Waals surface area contributed by atoms with Crippen molar-refractivity contribution in [2.45, 2.75) is 25.4 Å². The fourth-order valence-corrected chi connectivity index (χ4v) is 2.74. The third kappa shape index (κ3) is 2.46. The zero-order valence-electron chi connectivity index (χ0n) is 10.1. The summed E-state index contributed by atoms with van der Waals surface area (Å²) in [5.74, 6) is 0.157. The van der Waals surface area contributed by atoms with Crippen molar-refractivity contribution in [2.24, 2.45) is 0 Å². The van der Waals surface area contributed by atoms with Gasteiger partial charge in [-0.1, -0.05) is 18.2 Å². The Hall–Kier alpha value is -1.61. The van der Waals surface area contributed by atoms with Crippen molar-refractivity contribution in [3.8, 4) is 0 Å². The summed E-state index contributed by atoms with van der Waals surface area (Å²) in [6, 6.07) is 12.1. The molecule has 2 nitrogen and oxygen atoms in total. The molecule has 92 valence electrons. The van der Waals surface area contributed by atoms with Crippen LogP contribution in [0.5, 0.6) is 0 Å². The molecule has 1 fully saturated rings. The number of rotatable bonds is 4. The van der Waals surface area contributed by atoms with Crippen molar-refractivity contribution in [1.82, 2.24) is 4.90 Å². The summed E-state index contributed by atoms with van der Waals surface area (Å²) in [7, 11) is 0. The molecule has 1 aliphatic rings. The second-order valence-corrected chi connectivity index (χ2v) is 5.44. The van der Waals surface area contributed by atoms with Gasteiger partial charge in [0, 0.05) is 18.2 Å². The fourth-order valence-electron chi connectivity index (χ4n) is 2.08. The standard InChI is InChI=1S/C15H15NOS/c17-15(13-4-2-1-3-5-13)16(14-6-7-14)10-12-8-9-18-11-12/h1-5,8-9,11,14H,6-7,10H2. The summed E-state index contributed by atoms with van der Waals surface area (Å²) < 4.78 is 0. The second kappa shape index (κ2) is 4.94. The third-order valence-electron chi connectivity index (χ3n) is 3.20. The second-order valence-electron chi connectivity index (χ2n) is 4.66. The van der Waals surface area contributed by atoms with Crippen LogP contribution in [0.4, 0.5) is 0 Å². The summed E-state index contributed by atoms with van der Waals surface area (Å²) in [5.41, 5.74) is 2.02. The predicted molar refractivity (Wildman–Crippen MR) is 73.7 cm³/mol. The van der Waals surface area contributed by atoms with E-state index >= 15 is 0 Å². The summed E-state index contributed by atoms with van der Waals surface area (Å²) in [4.78, 5) is 14.5. The van der Waals surface area contributed by atoms with Crippen LogP contribution < -0.4 is 0 Å². The Labute approximate surface area is 111 Å². The number of thiophene rings is 1. The van der Waals surface area contributed by atoms with Crippen LogP contribution in [0.2, 0.25) is 0 Å². The molecule has 1 heterocycles. The smallest absolute Gasteiger partial charge is 0.254 e. The number of benzene rings is 1. The van der Waals surface area contributed by atoms with Crippen LogP contribution in [0, 0.1) is 0 Å². The molecule has 0 N–H and O–H groups in total. The van der Waals surface area contributed by atoms with E-state index in [-0.39, 0.29) is 5.91 Å². The van der Waals surface area contributed by atoms with Gasteiger partial charge >= 0.3 is 0 Å². The molecule has 3 rings (SSSR count). The lowest BCUT2D eigenvalue weighted by Gasteiger charge is -2.22. The lowest BCUT2D eigenvalue weighted by Crippen LogP contribution is -2.32. The highest BCUT2D eigenvalue weighted by molar-refractivity contribution is 7.07. The van der Waals surface area contributed by atoms with E-state index in [0.717, 1.165) is 24.9 Å². The third-order valence-corrected chi connectivity index (χ3v) is 3.93. The molecule has 0 unspecified atom stereocenters. The molecule has 1 aliphatic carbocycles. The highest BCUT2D eigenvalue weighted by atomic mass is 32.1. The van der Waals surface area contributed by atoms with Crippen molar-refractivity contribution in [3.05, 3.63) is 58.3 Å². The van der Waals surface area contributed by atoms with Crippen LogP contribution in [0.3, 0.4) is 0 Å². The molecule has 0 bridgehead atoms. The van der Waals surface area contributed by atoms with E-state index in [2.05, 4.69) is 16.8 Å². The molecular weight excluding hydrogens is 242 g/mol. The lowest BCUT2D eigenvalue weighted by atomic mass is 10.2. The molecule has 0 radical (unpaired) electrons. The Bertz CT molecular complexity index is 517. The monoisotopic (exact) mass is 257 g/mol. The van der Waals surface area contributed by atoms with Gasteiger partial charge in [0.1, 0.15) is 0 Å². The van der Waals surface area contributed by atoms with Crippen molar-refractivity contribution in [1.29, 1.82) is 0 Å². The molecule has 0 aliphatic heterocycles. The van der Waals surface area contributed by atoms with E-state index in [1.54, 1.807) is 11.3 Å². The van der Waals surface area contributed by atoms with Gasteiger partial charge in [-0.15, -0.1) is 0 Å². The number of nitrogens with zero attached hydrogens (tertiary/aromatic N) is 1. The number of hydrogen-bond acceptors (Lipinski definition) is 2. The van der Waals surface area contributed by atoms with Crippen LogP contribution in [-0.4, -0.2) is 16.8 Å². The summed E-state index contributed by atoms with van der Waals surface area (Å²) >= 11 is 1.68. The topological polar surface area (TPSA) is 20.3 Å². The Kier molecular flexibility index (Phi) is 3.15. The van der Waals surface area contributed by atoms with E-state index < -0.39 is 0 Å². The maximum Gasteiger partial charge on any atom is 0.254 e. The molecule has 1 aromatic heterocycles. The summed E-state index contributed by atoms with van der Waals surface area (Å²) in [5, 5.41) is 4.18. The SMILES string of the molecule is O=C(c1ccccc1)N(Cc1ccsc1)C1CC1. The minimum absolute atomic E-state index is 0.157. The first-order valence-electron chi connectivity index (χ1n) is 6.21. The molecule has 18 heavy (non-hydrogen) atoms. The normalized spacial score (nSPS) is 14.4. The predicted octanol–water partition coefficient (Wildman–Crippen LogP) is 3.55. The number of carbonyl (C=O) groups excluding carboxylic acids is 1. The molecule has 1 aromatic carbocycles. The van der Waals surface area contributed by atoms with Gasteiger partial charge < -0.3 is 4.90 Å². The first-order valence-corrected chi connectivity index (χ1v) is 7.16. The van der Waals surface area contributed by atoms with E-state index in [1.165, 1.54) is 5.56 Å². The Morgan fingerprint density at radius 1 is 1.22 bits per heavy atom. The van der Waals surface area contributed by atoms with Crippen molar-refractivity contribution >= 4 is 17.2 Å². The van der Waals surface area contributed by atoms with Crippen molar-refractivity contribution < 1.29 is 4.79 Å². The zero-order chi connectivity index (χ0) is 12.4. The Morgan fingerprint density at radius 2 is 2.00 bits per heavy atom. The molecule has 1 amide bonds. The molecule has 0 spiro atoms. The van der Waals surface area contributed by atoms with Crippen LogP contribution >= 0.6 is 11.3 Å². The van der Waals surface area contributed by atoms with Crippen molar-refractivity contribution in [3.63, 3.8) is 0 Å². The number of hydrogen-bond donors (Lipinski definition) is 0. The van der Waals surface area contributed by atoms with Crippen LogP contribution in [0.1, 0.15) is 28.8 Å².